The molecule has 0 aliphatic carbocycles. The van der Waals surface area contributed by atoms with Crippen LogP contribution >= 0.6 is 43.5 Å². The Bertz CT molecular complexity index is 609. The molecule has 0 saturated heterocycles. The Balaban J connectivity index is 2.56. The van der Waals surface area contributed by atoms with E-state index in [1.54, 1.807) is 25.1 Å². The van der Waals surface area contributed by atoms with Crippen LogP contribution in [0.4, 0.5) is 8.78 Å². The Hall–Kier alpha value is -0.450. The van der Waals surface area contributed by atoms with E-state index in [2.05, 4.69) is 31.9 Å². The molecule has 2 aromatic rings. The minimum atomic E-state index is -0.449. The van der Waals surface area contributed by atoms with Crippen molar-refractivity contribution in [2.24, 2.45) is 0 Å². The molecular formula is C14H9Br2ClF2. The zero-order valence-electron chi connectivity index (χ0n) is 9.85. The van der Waals surface area contributed by atoms with Crippen molar-refractivity contribution in [3.63, 3.8) is 0 Å². The lowest BCUT2D eigenvalue weighted by Gasteiger charge is -2.16. The maximum absolute atomic E-state index is 13.9. The predicted molar refractivity (Wildman–Crippen MR) is 81.0 cm³/mol. The molecule has 5 heteroatoms. The average Bonchev–Trinajstić information content (AvgIpc) is 2.33. The summed E-state index contributed by atoms with van der Waals surface area (Å²) in [6.07, 6.45) is 0. The van der Waals surface area contributed by atoms with Gasteiger partial charge in [-0.2, -0.15) is 0 Å². The first kappa shape index (κ1) is 14.9. The smallest absolute Gasteiger partial charge is 0.129 e. The minimum absolute atomic E-state index is 0.264. The van der Waals surface area contributed by atoms with Crippen LogP contribution in [0.1, 0.15) is 21.5 Å². The summed E-state index contributed by atoms with van der Waals surface area (Å²) in [5.41, 5.74) is 1.54. The first-order valence-corrected chi connectivity index (χ1v) is 7.54. The van der Waals surface area contributed by atoms with Crippen LogP contribution in [0.2, 0.25) is 5.02 Å². The fourth-order valence-corrected chi connectivity index (χ4v) is 3.90. The molecule has 1 atom stereocenters. The fraction of sp³-hybridized carbons (Fsp3) is 0.143. The summed E-state index contributed by atoms with van der Waals surface area (Å²) < 4.78 is 28.0. The number of hydrogen-bond acceptors (Lipinski definition) is 0. The van der Waals surface area contributed by atoms with Gasteiger partial charge in [0.25, 0.3) is 0 Å². The van der Waals surface area contributed by atoms with Crippen LogP contribution in [-0.4, -0.2) is 0 Å². The molecule has 0 spiro atoms. The Morgan fingerprint density at radius 2 is 1.84 bits per heavy atom. The summed E-state index contributed by atoms with van der Waals surface area (Å²) in [6, 6.07) is 7.60. The van der Waals surface area contributed by atoms with Crippen molar-refractivity contribution in [3.05, 3.63) is 68.2 Å². The van der Waals surface area contributed by atoms with E-state index in [4.69, 9.17) is 11.6 Å². The van der Waals surface area contributed by atoms with Gasteiger partial charge in [0.1, 0.15) is 11.6 Å². The minimum Gasteiger partial charge on any atom is -0.207 e. The molecule has 2 aromatic carbocycles. The van der Waals surface area contributed by atoms with Crippen molar-refractivity contribution in [2.75, 3.05) is 0 Å². The van der Waals surface area contributed by atoms with Crippen molar-refractivity contribution < 1.29 is 8.78 Å². The molecule has 0 heterocycles. The van der Waals surface area contributed by atoms with Gasteiger partial charge in [0, 0.05) is 15.1 Å². The summed E-state index contributed by atoms with van der Waals surface area (Å²) >= 11 is 12.8. The highest BCUT2D eigenvalue weighted by Gasteiger charge is 2.21. The van der Waals surface area contributed by atoms with E-state index in [1.165, 1.54) is 12.1 Å². The highest BCUT2D eigenvalue weighted by atomic mass is 79.9. The second-order valence-electron chi connectivity index (χ2n) is 4.12. The lowest BCUT2D eigenvalue weighted by molar-refractivity contribution is 0.610. The second-order valence-corrected chi connectivity index (χ2v) is 6.30. The molecule has 0 bridgehead atoms. The largest absolute Gasteiger partial charge is 0.207 e. The highest BCUT2D eigenvalue weighted by molar-refractivity contribution is 9.11. The molecule has 0 nitrogen and oxygen atoms in total. The predicted octanol–water partition coefficient (Wildman–Crippen LogP) is 6.17. The molecule has 100 valence electrons. The van der Waals surface area contributed by atoms with Gasteiger partial charge in [-0.1, -0.05) is 55.6 Å². The molecule has 0 aliphatic heterocycles. The van der Waals surface area contributed by atoms with Crippen LogP contribution in [0.3, 0.4) is 0 Å². The molecule has 0 amide bonds. The van der Waals surface area contributed by atoms with Gasteiger partial charge in [-0.25, -0.2) is 8.78 Å². The van der Waals surface area contributed by atoms with E-state index in [9.17, 15) is 8.78 Å². The van der Waals surface area contributed by atoms with Crippen molar-refractivity contribution in [3.8, 4) is 0 Å². The van der Waals surface area contributed by atoms with Crippen LogP contribution < -0.4 is 0 Å². The molecule has 0 N–H and O–H groups in total. The van der Waals surface area contributed by atoms with Gasteiger partial charge >= 0.3 is 0 Å². The zero-order chi connectivity index (χ0) is 14.2. The third-order valence-electron chi connectivity index (χ3n) is 2.80. The van der Waals surface area contributed by atoms with Crippen LogP contribution in [0.5, 0.6) is 0 Å². The fourth-order valence-electron chi connectivity index (χ4n) is 1.78. The Kier molecular flexibility index (Phi) is 4.64. The molecule has 0 aliphatic rings. The molecule has 0 saturated carbocycles. The lowest BCUT2D eigenvalue weighted by Crippen LogP contribution is -2.00. The third-order valence-corrected chi connectivity index (χ3v) is 4.77. The maximum Gasteiger partial charge on any atom is 0.129 e. The number of aryl methyl sites for hydroxylation is 1. The quantitative estimate of drug-likeness (QED) is 0.519. The SMILES string of the molecule is Cc1cc(C(Br)c2c(F)cccc2Br)c(Cl)cc1F. The summed E-state index contributed by atoms with van der Waals surface area (Å²) in [4.78, 5) is -0.449. The monoisotopic (exact) mass is 408 g/mol. The van der Waals surface area contributed by atoms with Gasteiger partial charge in [-0.15, -0.1) is 0 Å². The van der Waals surface area contributed by atoms with E-state index < -0.39 is 4.83 Å². The maximum atomic E-state index is 13.9. The number of rotatable bonds is 2. The van der Waals surface area contributed by atoms with E-state index in [0.717, 1.165) is 0 Å². The first-order chi connectivity index (χ1) is 8.91. The molecule has 0 fully saturated rings. The number of hydrogen-bond donors (Lipinski definition) is 0. The molecular weight excluding hydrogens is 401 g/mol. The molecule has 1 unspecified atom stereocenters. The van der Waals surface area contributed by atoms with Gasteiger partial charge in [-0.05, 0) is 36.2 Å². The van der Waals surface area contributed by atoms with Gasteiger partial charge in [0.05, 0.1) is 4.83 Å². The number of halogens is 5. The van der Waals surface area contributed by atoms with Gasteiger partial charge in [-0.3, -0.25) is 0 Å². The lowest BCUT2D eigenvalue weighted by atomic mass is 10.0. The van der Waals surface area contributed by atoms with Gasteiger partial charge in [0.15, 0.2) is 0 Å². The van der Waals surface area contributed by atoms with Gasteiger partial charge < -0.3 is 0 Å². The standard InChI is InChI=1S/C14H9Br2ClF2/c1-7-5-8(10(17)6-12(7)19)14(16)13-9(15)3-2-4-11(13)18/h2-6,14H,1H3. The van der Waals surface area contributed by atoms with Crippen molar-refractivity contribution >= 4 is 43.5 Å². The zero-order valence-corrected chi connectivity index (χ0v) is 13.8. The van der Waals surface area contributed by atoms with Crippen LogP contribution in [-0.2, 0) is 0 Å². The summed E-state index contributed by atoms with van der Waals surface area (Å²) in [7, 11) is 0. The van der Waals surface area contributed by atoms with Gasteiger partial charge in [0.2, 0.25) is 0 Å². The Labute approximate surface area is 132 Å². The number of benzene rings is 2. The van der Waals surface area contributed by atoms with E-state index in [-0.39, 0.29) is 16.7 Å². The van der Waals surface area contributed by atoms with Crippen molar-refractivity contribution in [1.29, 1.82) is 0 Å². The number of alkyl halides is 1. The summed E-state index contributed by atoms with van der Waals surface area (Å²) in [5.74, 6) is -0.727. The van der Waals surface area contributed by atoms with E-state index >= 15 is 0 Å². The molecule has 0 radical (unpaired) electrons. The Morgan fingerprint density at radius 1 is 1.16 bits per heavy atom. The van der Waals surface area contributed by atoms with Crippen LogP contribution in [0, 0.1) is 18.6 Å². The molecule has 19 heavy (non-hydrogen) atoms. The second kappa shape index (κ2) is 5.90. The van der Waals surface area contributed by atoms with Crippen molar-refractivity contribution in [1.82, 2.24) is 0 Å². The normalized spacial score (nSPS) is 12.5. The summed E-state index contributed by atoms with van der Waals surface area (Å²) in [6.45, 7) is 1.64. The van der Waals surface area contributed by atoms with Crippen molar-refractivity contribution in [2.45, 2.75) is 11.8 Å². The Morgan fingerprint density at radius 3 is 2.47 bits per heavy atom. The molecule has 2 rings (SSSR count). The van der Waals surface area contributed by atoms with E-state index in [0.29, 0.717) is 21.2 Å². The van der Waals surface area contributed by atoms with Crippen LogP contribution in [0.25, 0.3) is 0 Å². The summed E-state index contributed by atoms with van der Waals surface area (Å²) in [5, 5.41) is 0.264. The molecule has 0 aromatic heterocycles. The van der Waals surface area contributed by atoms with Crippen LogP contribution in [0.15, 0.2) is 34.8 Å². The van der Waals surface area contributed by atoms with E-state index in [1.807, 2.05) is 0 Å². The topological polar surface area (TPSA) is 0 Å². The highest BCUT2D eigenvalue weighted by Crippen LogP contribution is 2.40. The average molecular weight is 410 g/mol. The first-order valence-electron chi connectivity index (χ1n) is 5.45. The third kappa shape index (κ3) is 3.01.